The fraction of sp³-hybridized carbons (Fsp3) is 0.588. The summed E-state index contributed by atoms with van der Waals surface area (Å²) in [6.07, 6.45) is 5.16. The monoisotopic (exact) mass is 332 g/mol. The molecule has 0 aromatic carbocycles. The van der Waals surface area contributed by atoms with Gasteiger partial charge in [-0.3, -0.25) is 9.78 Å². The third kappa shape index (κ3) is 4.23. The SMILES string of the molecule is O=C(NCc1cccnc1)N1CCCC(C(=O)N2CCOCC2)C1. The second-order valence-corrected chi connectivity index (χ2v) is 6.24. The lowest BCUT2D eigenvalue weighted by Gasteiger charge is -2.36. The largest absolute Gasteiger partial charge is 0.378 e. The zero-order chi connectivity index (χ0) is 16.8. The average Bonchev–Trinajstić information content (AvgIpc) is 2.67. The second-order valence-electron chi connectivity index (χ2n) is 6.24. The number of aromatic nitrogens is 1. The van der Waals surface area contributed by atoms with E-state index in [1.54, 1.807) is 17.3 Å². The van der Waals surface area contributed by atoms with Crippen LogP contribution in [0, 0.1) is 5.92 Å². The van der Waals surface area contributed by atoms with Gasteiger partial charge in [-0.1, -0.05) is 6.07 Å². The van der Waals surface area contributed by atoms with Gasteiger partial charge in [-0.2, -0.15) is 0 Å². The van der Waals surface area contributed by atoms with Crippen LogP contribution in [-0.4, -0.2) is 66.1 Å². The van der Waals surface area contributed by atoms with Crippen LogP contribution in [-0.2, 0) is 16.1 Å². The van der Waals surface area contributed by atoms with Crippen LogP contribution in [0.5, 0.6) is 0 Å². The minimum atomic E-state index is -0.113. The zero-order valence-electron chi connectivity index (χ0n) is 13.8. The highest BCUT2D eigenvalue weighted by atomic mass is 16.5. The molecule has 0 radical (unpaired) electrons. The Kier molecular flexibility index (Phi) is 5.63. The summed E-state index contributed by atoms with van der Waals surface area (Å²) in [6.45, 7) is 4.17. The molecule has 0 aliphatic carbocycles. The first-order valence-corrected chi connectivity index (χ1v) is 8.52. The molecule has 2 fully saturated rings. The Morgan fingerprint density at radius 2 is 2.08 bits per heavy atom. The molecule has 0 bridgehead atoms. The van der Waals surface area contributed by atoms with E-state index in [9.17, 15) is 9.59 Å². The van der Waals surface area contributed by atoms with Crippen molar-refractivity contribution in [1.82, 2.24) is 20.1 Å². The molecular formula is C17H24N4O3. The van der Waals surface area contributed by atoms with Gasteiger partial charge in [0.05, 0.1) is 19.1 Å². The predicted octanol–water partition coefficient (Wildman–Crippen LogP) is 0.862. The standard InChI is InChI=1S/C17H24N4O3/c22-16(20-7-9-24-10-8-20)15-4-2-6-21(13-15)17(23)19-12-14-3-1-5-18-11-14/h1,3,5,11,15H,2,4,6-10,12-13H2,(H,19,23). The number of nitrogens with one attached hydrogen (secondary N) is 1. The van der Waals surface area contributed by atoms with E-state index in [4.69, 9.17) is 4.74 Å². The fourth-order valence-corrected chi connectivity index (χ4v) is 3.20. The summed E-state index contributed by atoms with van der Waals surface area (Å²) in [5.41, 5.74) is 0.962. The fourth-order valence-electron chi connectivity index (χ4n) is 3.20. The number of hydrogen-bond acceptors (Lipinski definition) is 4. The van der Waals surface area contributed by atoms with Crippen molar-refractivity contribution in [3.63, 3.8) is 0 Å². The number of pyridine rings is 1. The normalized spacial score (nSPS) is 21.4. The lowest BCUT2D eigenvalue weighted by molar-refractivity contribution is -0.141. The quantitative estimate of drug-likeness (QED) is 0.891. The van der Waals surface area contributed by atoms with Gasteiger partial charge in [-0.05, 0) is 24.5 Å². The van der Waals surface area contributed by atoms with Crippen LogP contribution in [0.4, 0.5) is 4.79 Å². The van der Waals surface area contributed by atoms with Crippen molar-refractivity contribution in [2.45, 2.75) is 19.4 Å². The van der Waals surface area contributed by atoms with Crippen molar-refractivity contribution in [3.8, 4) is 0 Å². The Morgan fingerprint density at radius 1 is 1.25 bits per heavy atom. The first-order chi connectivity index (χ1) is 11.7. The van der Waals surface area contributed by atoms with E-state index < -0.39 is 0 Å². The van der Waals surface area contributed by atoms with E-state index in [0.717, 1.165) is 18.4 Å². The lowest BCUT2D eigenvalue weighted by atomic mass is 9.96. The number of piperidine rings is 1. The maximum Gasteiger partial charge on any atom is 0.317 e. The summed E-state index contributed by atoms with van der Waals surface area (Å²) in [5.74, 6) is 0.0593. The number of likely N-dealkylation sites (tertiary alicyclic amines) is 1. The molecule has 1 aromatic heterocycles. The molecule has 24 heavy (non-hydrogen) atoms. The molecule has 2 aliphatic heterocycles. The number of urea groups is 1. The van der Waals surface area contributed by atoms with Crippen molar-refractivity contribution in [2.75, 3.05) is 39.4 Å². The van der Waals surface area contributed by atoms with Gasteiger partial charge >= 0.3 is 6.03 Å². The number of morpholine rings is 1. The first-order valence-electron chi connectivity index (χ1n) is 8.52. The number of rotatable bonds is 3. The molecule has 3 rings (SSSR count). The van der Waals surface area contributed by atoms with Gasteiger partial charge in [0.15, 0.2) is 0 Å². The highest BCUT2D eigenvalue weighted by molar-refractivity contribution is 5.81. The number of carbonyl (C=O) groups is 2. The van der Waals surface area contributed by atoms with E-state index in [0.29, 0.717) is 45.9 Å². The van der Waals surface area contributed by atoms with E-state index in [2.05, 4.69) is 10.3 Å². The zero-order valence-corrected chi connectivity index (χ0v) is 13.8. The number of carbonyl (C=O) groups excluding carboxylic acids is 2. The van der Waals surface area contributed by atoms with E-state index in [1.165, 1.54) is 0 Å². The maximum atomic E-state index is 12.6. The second kappa shape index (κ2) is 8.10. The highest BCUT2D eigenvalue weighted by Crippen LogP contribution is 2.19. The molecule has 1 unspecified atom stereocenters. The third-order valence-electron chi connectivity index (χ3n) is 4.55. The van der Waals surface area contributed by atoms with Crippen LogP contribution in [0.25, 0.3) is 0 Å². The first kappa shape index (κ1) is 16.7. The van der Waals surface area contributed by atoms with Crippen molar-refractivity contribution < 1.29 is 14.3 Å². The van der Waals surface area contributed by atoms with Gasteiger partial charge in [0.1, 0.15) is 0 Å². The van der Waals surface area contributed by atoms with Crippen molar-refractivity contribution in [3.05, 3.63) is 30.1 Å². The van der Waals surface area contributed by atoms with Crippen LogP contribution in [0.1, 0.15) is 18.4 Å². The number of nitrogens with zero attached hydrogens (tertiary/aromatic N) is 3. The van der Waals surface area contributed by atoms with Gasteiger partial charge in [0, 0.05) is 45.1 Å². The maximum absolute atomic E-state index is 12.6. The molecule has 0 saturated carbocycles. The average molecular weight is 332 g/mol. The minimum absolute atomic E-state index is 0.0963. The van der Waals surface area contributed by atoms with Crippen LogP contribution in [0.15, 0.2) is 24.5 Å². The molecule has 2 aliphatic rings. The molecule has 3 heterocycles. The predicted molar refractivity (Wildman–Crippen MR) is 88.2 cm³/mol. The molecule has 1 N–H and O–H groups in total. The summed E-state index contributed by atoms with van der Waals surface area (Å²) < 4.78 is 5.30. The number of ether oxygens (including phenoxy) is 1. The smallest absolute Gasteiger partial charge is 0.317 e. The Balaban J connectivity index is 1.50. The minimum Gasteiger partial charge on any atom is -0.378 e. The molecule has 2 saturated heterocycles. The molecule has 3 amide bonds. The Hall–Kier alpha value is -2.15. The highest BCUT2D eigenvalue weighted by Gasteiger charge is 2.31. The Morgan fingerprint density at radius 3 is 2.83 bits per heavy atom. The van der Waals surface area contributed by atoms with Crippen molar-refractivity contribution >= 4 is 11.9 Å². The third-order valence-corrected chi connectivity index (χ3v) is 4.55. The molecule has 7 heteroatoms. The molecular weight excluding hydrogens is 308 g/mol. The summed E-state index contributed by atoms with van der Waals surface area (Å²) in [7, 11) is 0. The van der Waals surface area contributed by atoms with E-state index >= 15 is 0 Å². The molecule has 0 spiro atoms. The molecule has 1 aromatic rings. The molecule has 7 nitrogen and oxygen atoms in total. The van der Waals surface area contributed by atoms with Gasteiger partial charge in [0.25, 0.3) is 0 Å². The van der Waals surface area contributed by atoms with Gasteiger partial charge in [-0.15, -0.1) is 0 Å². The summed E-state index contributed by atoms with van der Waals surface area (Å²) in [4.78, 5) is 32.6. The van der Waals surface area contributed by atoms with Gasteiger partial charge in [0.2, 0.25) is 5.91 Å². The summed E-state index contributed by atoms with van der Waals surface area (Å²) >= 11 is 0. The van der Waals surface area contributed by atoms with E-state index in [-0.39, 0.29) is 17.9 Å². The van der Waals surface area contributed by atoms with Crippen molar-refractivity contribution in [2.24, 2.45) is 5.92 Å². The van der Waals surface area contributed by atoms with Crippen molar-refractivity contribution in [1.29, 1.82) is 0 Å². The number of amides is 3. The van der Waals surface area contributed by atoms with Crippen LogP contribution >= 0.6 is 0 Å². The summed E-state index contributed by atoms with van der Waals surface area (Å²) in [6, 6.07) is 3.66. The molecule has 130 valence electrons. The topological polar surface area (TPSA) is 74.8 Å². The Bertz CT molecular complexity index is 560. The van der Waals surface area contributed by atoms with Gasteiger partial charge < -0.3 is 19.9 Å². The lowest BCUT2D eigenvalue weighted by Crippen LogP contribution is -2.51. The van der Waals surface area contributed by atoms with Gasteiger partial charge in [-0.25, -0.2) is 4.79 Å². The van der Waals surface area contributed by atoms with Crippen LogP contribution in [0.3, 0.4) is 0 Å². The summed E-state index contributed by atoms with van der Waals surface area (Å²) in [5, 5.41) is 2.91. The Labute approximate surface area is 142 Å². The molecule has 1 atom stereocenters. The number of hydrogen-bond donors (Lipinski definition) is 1. The van der Waals surface area contributed by atoms with Crippen LogP contribution < -0.4 is 5.32 Å². The van der Waals surface area contributed by atoms with Crippen LogP contribution in [0.2, 0.25) is 0 Å². The van der Waals surface area contributed by atoms with E-state index in [1.807, 2.05) is 17.0 Å².